The first-order chi connectivity index (χ1) is 10.6. The van der Waals surface area contributed by atoms with E-state index in [1.165, 1.54) is 10.4 Å². The van der Waals surface area contributed by atoms with E-state index in [-0.39, 0.29) is 17.8 Å². The van der Waals surface area contributed by atoms with E-state index < -0.39 is 0 Å². The lowest BCUT2D eigenvalue weighted by Crippen LogP contribution is -2.38. The molecule has 1 atom stereocenters. The van der Waals surface area contributed by atoms with Crippen molar-refractivity contribution in [1.82, 2.24) is 10.2 Å². The third-order valence-electron chi connectivity index (χ3n) is 4.27. The lowest BCUT2D eigenvalue weighted by molar-refractivity contribution is 0.0934. The number of para-hydroxylation sites is 1. The molecule has 1 amide bonds. The number of hydrogen-bond acceptors (Lipinski definition) is 5. The number of rotatable bonds is 1. The van der Waals surface area contributed by atoms with Crippen LogP contribution in [0.4, 0.5) is 5.00 Å². The number of aromatic hydroxyl groups is 1. The quantitative estimate of drug-likeness (QED) is 0.755. The number of carbonyl (C=O) groups excluding carboxylic acids is 1. The van der Waals surface area contributed by atoms with Gasteiger partial charge in [-0.2, -0.15) is 0 Å². The van der Waals surface area contributed by atoms with Gasteiger partial charge in [-0.05, 0) is 25.1 Å². The third kappa shape index (κ3) is 2.07. The smallest absolute Gasteiger partial charge is 0.256 e. The Morgan fingerprint density at radius 3 is 2.95 bits per heavy atom. The minimum atomic E-state index is -0.390. The van der Waals surface area contributed by atoms with Gasteiger partial charge in [0.25, 0.3) is 5.91 Å². The number of benzene rings is 1. The number of thiophene rings is 1. The molecule has 4 rings (SSSR count). The summed E-state index contributed by atoms with van der Waals surface area (Å²) < 4.78 is 0. The van der Waals surface area contributed by atoms with Crippen LogP contribution in [0.15, 0.2) is 24.3 Å². The monoisotopic (exact) mass is 315 g/mol. The van der Waals surface area contributed by atoms with Crippen LogP contribution in [0.5, 0.6) is 5.75 Å². The Labute approximate surface area is 132 Å². The van der Waals surface area contributed by atoms with E-state index in [2.05, 4.69) is 22.6 Å². The molecule has 0 bridgehead atoms. The summed E-state index contributed by atoms with van der Waals surface area (Å²) in [6.07, 6.45) is 0.521. The molecule has 6 heteroatoms. The topological polar surface area (TPSA) is 64.6 Å². The number of fused-ring (bicyclic) bond motifs is 3. The Bertz CT molecular complexity index is 756. The number of nitrogens with one attached hydrogen (secondary N) is 2. The first-order valence-corrected chi connectivity index (χ1v) is 8.13. The Balaban J connectivity index is 1.73. The highest BCUT2D eigenvalue weighted by Crippen LogP contribution is 2.41. The van der Waals surface area contributed by atoms with Crippen molar-refractivity contribution in [2.75, 3.05) is 18.9 Å². The number of anilines is 1. The summed E-state index contributed by atoms with van der Waals surface area (Å²) in [4.78, 5) is 16.1. The molecular weight excluding hydrogens is 298 g/mol. The van der Waals surface area contributed by atoms with Crippen molar-refractivity contribution in [1.29, 1.82) is 0 Å². The van der Waals surface area contributed by atoms with Crippen molar-refractivity contribution in [3.63, 3.8) is 0 Å². The Hall–Kier alpha value is -2.05. The number of phenolic OH excluding ortho intramolecular Hbond substituents is 1. The van der Waals surface area contributed by atoms with Crippen LogP contribution < -0.4 is 10.6 Å². The van der Waals surface area contributed by atoms with E-state index in [0.717, 1.165) is 30.1 Å². The molecule has 5 nitrogen and oxygen atoms in total. The number of amides is 1. The molecule has 3 heterocycles. The minimum absolute atomic E-state index is 0.0518. The van der Waals surface area contributed by atoms with E-state index >= 15 is 0 Å². The fourth-order valence-electron chi connectivity index (χ4n) is 3.13. The fraction of sp³-hybridized carbons (Fsp3) is 0.312. The second kappa shape index (κ2) is 5.00. The first kappa shape index (κ1) is 13.6. The molecule has 2 aromatic rings. The van der Waals surface area contributed by atoms with Gasteiger partial charge in [0.05, 0.1) is 5.56 Å². The van der Waals surface area contributed by atoms with Crippen LogP contribution in [0.25, 0.3) is 0 Å². The third-order valence-corrected chi connectivity index (χ3v) is 5.42. The summed E-state index contributed by atoms with van der Waals surface area (Å²) in [5.41, 5.74) is 2.66. The van der Waals surface area contributed by atoms with Gasteiger partial charge in [0, 0.05) is 23.5 Å². The van der Waals surface area contributed by atoms with Crippen LogP contribution in [0.3, 0.4) is 0 Å². The van der Waals surface area contributed by atoms with Crippen molar-refractivity contribution >= 4 is 22.2 Å². The van der Waals surface area contributed by atoms with Gasteiger partial charge in [0.15, 0.2) is 0 Å². The number of carbonyl (C=O) groups is 1. The molecular formula is C16H17N3O2S. The average Bonchev–Trinajstić information content (AvgIpc) is 2.85. The number of nitrogens with zero attached hydrogens (tertiary/aromatic N) is 1. The van der Waals surface area contributed by atoms with Gasteiger partial charge in [0.1, 0.15) is 16.9 Å². The number of likely N-dealkylation sites (N-methyl/N-ethyl adjacent to an activating group) is 1. The predicted octanol–water partition coefficient (Wildman–Crippen LogP) is 2.30. The summed E-state index contributed by atoms with van der Waals surface area (Å²) in [5.74, 6) is 0.133. The fourth-order valence-corrected chi connectivity index (χ4v) is 4.48. The summed E-state index contributed by atoms with van der Waals surface area (Å²) >= 11 is 1.65. The van der Waals surface area contributed by atoms with Gasteiger partial charge in [0.2, 0.25) is 0 Å². The molecule has 0 saturated carbocycles. The second-order valence-corrected chi connectivity index (χ2v) is 6.91. The molecule has 2 aliphatic rings. The zero-order valence-electron chi connectivity index (χ0n) is 12.2. The van der Waals surface area contributed by atoms with Crippen molar-refractivity contribution in [2.45, 2.75) is 19.1 Å². The van der Waals surface area contributed by atoms with Gasteiger partial charge in [-0.3, -0.25) is 4.79 Å². The van der Waals surface area contributed by atoms with Gasteiger partial charge in [-0.15, -0.1) is 11.3 Å². The normalized spacial score (nSPS) is 20.8. The van der Waals surface area contributed by atoms with Crippen molar-refractivity contribution in [3.05, 3.63) is 45.8 Å². The maximum atomic E-state index is 12.6. The van der Waals surface area contributed by atoms with E-state index in [1.54, 1.807) is 23.5 Å². The lowest BCUT2D eigenvalue weighted by Gasteiger charge is -2.27. The number of hydrogen-bond donors (Lipinski definition) is 3. The second-order valence-electron chi connectivity index (χ2n) is 5.81. The predicted molar refractivity (Wildman–Crippen MR) is 86.3 cm³/mol. The summed E-state index contributed by atoms with van der Waals surface area (Å²) in [6, 6.07) is 7.08. The largest absolute Gasteiger partial charge is 0.508 e. The number of phenols is 1. The van der Waals surface area contributed by atoms with Gasteiger partial charge < -0.3 is 20.6 Å². The summed E-state index contributed by atoms with van der Waals surface area (Å²) in [6.45, 7) is 1.87. The molecule has 2 aliphatic heterocycles. The maximum Gasteiger partial charge on any atom is 0.256 e. The Morgan fingerprint density at radius 1 is 1.32 bits per heavy atom. The van der Waals surface area contributed by atoms with Crippen molar-refractivity contribution in [3.8, 4) is 5.75 Å². The molecule has 3 N–H and O–H groups in total. The molecule has 0 fully saturated rings. The van der Waals surface area contributed by atoms with Gasteiger partial charge in [-0.1, -0.05) is 18.2 Å². The zero-order valence-corrected chi connectivity index (χ0v) is 13.0. The van der Waals surface area contributed by atoms with Gasteiger partial charge in [-0.25, -0.2) is 0 Å². The molecule has 1 aromatic carbocycles. The molecule has 114 valence electrons. The minimum Gasteiger partial charge on any atom is -0.508 e. The molecule has 0 radical (unpaired) electrons. The molecule has 22 heavy (non-hydrogen) atoms. The Kier molecular flexibility index (Phi) is 3.09. The van der Waals surface area contributed by atoms with Crippen LogP contribution in [0.2, 0.25) is 0 Å². The molecule has 0 unspecified atom stereocenters. The summed E-state index contributed by atoms with van der Waals surface area (Å²) in [7, 11) is 2.10. The molecule has 0 saturated heterocycles. The van der Waals surface area contributed by atoms with E-state index in [0.29, 0.717) is 5.56 Å². The van der Waals surface area contributed by atoms with Crippen molar-refractivity contribution in [2.24, 2.45) is 0 Å². The summed E-state index contributed by atoms with van der Waals surface area (Å²) in [5, 5.41) is 17.2. The standard InChI is InChI=1S/C16H17N3O2S/c1-19-7-6-10-12(8-19)22-16-13(10)15(21)17-14(18-16)9-4-2-3-5-11(9)20/h2-5,14,18,20H,6-8H2,1H3,(H,17,21)/t14-/m1/s1. The molecule has 0 aliphatic carbocycles. The van der Waals surface area contributed by atoms with Crippen LogP contribution >= 0.6 is 11.3 Å². The van der Waals surface area contributed by atoms with Crippen LogP contribution in [-0.4, -0.2) is 29.5 Å². The SMILES string of the molecule is CN1CCc2c(sc3c2C(=O)N[C@@H](c2ccccc2O)N3)C1. The first-order valence-electron chi connectivity index (χ1n) is 7.32. The highest BCUT2D eigenvalue weighted by atomic mass is 32.1. The Morgan fingerprint density at radius 2 is 2.14 bits per heavy atom. The average molecular weight is 315 g/mol. The van der Waals surface area contributed by atoms with Crippen molar-refractivity contribution < 1.29 is 9.90 Å². The van der Waals surface area contributed by atoms with Gasteiger partial charge >= 0.3 is 0 Å². The van der Waals surface area contributed by atoms with E-state index in [4.69, 9.17) is 0 Å². The molecule has 0 spiro atoms. The highest BCUT2D eigenvalue weighted by Gasteiger charge is 2.33. The van der Waals surface area contributed by atoms with Crippen LogP contribution in [0, 0.1) is 0 Å². The molecule has 1 aromatic heterocycles. The van der Waals surface area contributed by atoms with E-state index in [1.807, 2.05) is 12.1 Å². The van der Waals surface area contributed by atoms with E-state index in [9.17, 15) is 9.90 Å². The lowest BCUT2D eigenvalue weighted by atomic mass is 10.0. The van der Waals surface area contributed by atoms with Crippen LogP contribution in [-0.2, 0) is 13.0 Å². The maximum absolute atomic E-state index is 12.6. The zero-order chi connectivity index (χ0) is 15.3. The van der Waals surface area contributed by atoms with Crippen LogP contribution in [0.1, 0.15) is 32.5 Å². The highest BCUT2D eigenvalue weighted by molar-refractivity contribution is 7.16.